The first-order chi connectivity index (χ1) is 17.3. The van der Waals surface area contributed by atoms with Gasteiger partial charge in [-0.3, -0.25) is 4.72 Å². The highest BCUT2D eigenvalue weighted by atomic mass is 32.2. The summed E-state index contributed by atoms with van der Waals surface area (Å²) in [5.41, 5.74) is 0.603. The van der Waals surface area contributed by atoms with Crippen molar-refractivity contribution in [2.24, 2.45) is 0 Å². The lowest BCUT2D eigenvalue weighted by molar-refractivity contribution is -0.145. The Bertz CT molecular complexity index is 1340. The Morgan fingerprint density at radius 3 is 2.14 bits per heavy atom. The van der Waals surface area contributed by atoms with Crippen molar-refractivity contribution in [3.63, 3.8) is 0 Å². The molecule has 0 spiro atoms. The maximum Gasteiger partial charge on any atom is 0.451 e. The molecule has 0 atom stereocenters. The molecule has 0 amide bonds. The van der Waals surface area contributed by atoms with Gasteiger partial charge in [-0.2, -0.15) is 18.2 Å². The van der Waals surface area contributed by atoms with E-state index in [9.17, 15) is 21.6 Å². The molecule has 37 heavy (non-hydrogen) atoms. The molecule has 3 aromatic rings. The van der Waals surface area contributed by atoms with E-state index in [-0.39, 0.29) is 21.8 Å². The van der Waals surface area contributed by atoms with E-state index in [1.54, 1.807) is 24.3 Å². The second kappa shape index (κ2) is 10.8. The number of benzene rings is 2. The van der Waals surface area contributed by atoms with Crippen molar-refractivity contribution in [1.82, 2.24) is 9.97 Å². The van der Waals surface area contributed by atoms with Crippen LogP contribution in [0.3, 0.4) is 0 Å². The molecule has 2 N–H and O–H groups in total. The van der Waals surface area contributed by atoms with Crippen molar-refractivity contribution in [2.75, 3.05) is 25.0 Å². The smallest absolute Gasteiger partial charge is 0.451 e. The topological polar surface area (TPSA) is 120 Å². The molecule has 3 rings (SSSR count). The van der Waals surface area contributed by atoms with Crippen LogP contribution in [-0.4, -0.2) is 43.8 Å². The molecule has 0 unspecified atom stereocenters. The summed E-state index contributed by atoms with van der Waals surface area (Å²) >= 11 is 0. The molecule has 9 nitrogen and oxygen atoms in total. The third kappa shape index (κ3) is 6.80. The highest BCUT2D eigenvalue weighted by Crippen LogP contribution is 2.42. The van der Waals surface area contributed by atoms with Crippen LogP contribution in [0.4, 0.5) is 19.0 Å². The van der Waals surface area contributed by atoms with Crippen molar-refractivity contribution in [1.29, 1.82) is 0 Å². The number of methoxy groups -OCH3 is 1. The van der Waals surface area contributed by atoms with Gasteiger partial charge in [-0.05, 0) is 35.2 Å². The SMILES string of the molecule is COc1ccccc1Oc1c(NS(=O)(=O)c2ccc(C(C)(C)C)cc2)nc(C(F)(F)F)nc1OCCO. The number of para-hydroxylation sites is 2. The minimum Gasteiger partial charge on any atom is -0.493 e. The second-order valence-electron chi connectivity index (χ2n) is 8.73. The van der Waals surface area contributed by atoms with Gasteiger partial charge in [0.1, 0.15) is 6.61 Å². The maximum absolute atomic E-state index is 13.6. The van der Waals surface area contributed by atoms with E-state index >= 15 is 0 Å². The zero-order chi connectivity index (χ0) is 27.4. The first kappa shape index (κ1) is 28.0. The Hall–Kier alpha value is -3.58. The average Bonchev–Trinajstić information content (AvgIpc) is 2.83. The number of nitrogens with one attached hydrogen (secondary N) is 1. The number of aliphatic hydroxyl groups is 1. The highest BCUT2D eigenvalue weighted by Gasteiger charge is 2.38. The number of rotatable bonds is 9. The van der Waals surface area contributed by atoms with E-state index < -0.39 is 52.7 Å². The number of aliphatic hydroxyl groups excluding tert-OH is 1. The summed E-state index contributed by atoms with van der Waals surface area (Å²) in [4.78, 5) is 6.55. The third-order valence-electron chi connectivity index (χ3n) is 4.96. The fourth-order valence-electron chi connectivity index (χ4n) is 3.09. The standard InChI is InChI=1S/C24H26F3N3O6S/c1-23(2,3)15-9-11-16(12-10-15)37(32,33)30-20-19(36-18-8-6-5-7-17(18)34-4)21(35-14-13-31)29-22(28-20)24(25,26)27/h5-12,31H,13-14H2,1-4H3,(H,28,29,30). The van der Waals surface area contributed by atoms with Gasteiger partial charge < -0.3 is 19.3 Å². The zero-order valence-electron chi connectivity index (χ0n) is 20.5. The Morgan fingerprint density at radius 2 is 1.59 bits per heavy atom. The molecule has 2 aromatic carbocycles. The van der Waals surface area contributed by atoms with Crippen molar-refractivity contribution >= 4 is 15.8 Å². The van der Waals surface area contributed by atoms with Gasteiger partial charge in [0.15, 0.2) is 17.3 Å². The lowest BCUT2D eigenvalue weighted by Gasteiger charge is -2.20. The van der Waals surface area contributed by atoms with Crippen molar-refractivity contribution in [3.05, 3.63) is 59.9 Å². The molecular weight excluding hydrogens is 515 g/mol. The number of hydrogen-bond acceptors (Lipinski definition) is 8. The van der Waals surface area contributed by atoms with Crippen LogP contribution in [0.5, 0.6) is 23.1 Å². The van der Waals surface area contributed by atoms with E-state index in [2.05, 4.69) is 14.7 Å². The van der Waals surface area contributed by atoms with Gasteiger partial charge in [-0.25, -0.2) is 13.4 Å². The molecule has 0 saturated carbocycles. The quantitative estimate of drug-likeness (QED) is 0.398. The van der Waals surface area contributed by atoms with Crippen molar-refractivity contribution in [3.8, 4) is 23.1 Å². The van der Waals surface area contributed by atoms with Crippen molar-refractivity contribution in [2.45, 2.75) is 37.3 Å². The van der Waals surface area contributed by atoms with Crippen LogP contribution >= 0.6 is 0 Å². The fourth-order valence-corrected chi connectivity index (χ4v) is 4.10. The Labute approximate surface area is 212 Å². The molecule has 0 radical (unpaired) electrons. The summed E-state index contributed by atoms with van der Waals surface area (Å²) < 4.78 is 85.3. The van der Waals surface area contributed by atoms with Crippen LogP contribution < -0.4 is 18.9 Å². The van der Waals surface area contributed by atoms with Gasteiger partial charge in [0.05, 0.1) is 18.6 Å². The number of halogens is 3. The van der Waals surface area contributed by atoms with Crippen LogP contribution in [0.15, 0.2) is 53.4 Å². The molecule has 0 aliphatic carbocycles. The molecule has 0 saturated heterocycles. The molecule has 1 heterocycles. The largest absolute Gasteiger partial charge is 0.493 e. The van der Waals surface area contributed by atoms with Crippen LogP contribution in [0.25, 0.3) is 0 Å². The Morgan fingerprint density at radius 1 is 0.973 bits per heavy atom. The van der Waals surface area contributed by atoms with E-state index in [4.69, 9.17) is 19.3 Å². The lowest BCUT2D eigenvalue weighted by atomic mass is 9.87. The maximum atomic E-state index is 13.6. The number of anilines is 1. The predicted molar refractivity (Wildman–Crippen MR) is 129 cm³/mol. The van der Waals surface area contributed by atoms with Gasteiger partial charge in [-0.1, -0.05) is 45.0 Å². The van der Waals surface area contributed by atoms with E-state index in [0.717, 1.165) is 5.56 Å². The average molecular weight is 542 g/mol. The normalized spacial score (nSPS) is 12.2. The van der Waals surface area contributed by atoms with Crippen LogP contribution in [0.2, 0.25) is 0 Å². The van der Waals surface area contributed by atoms with Crippen LogP contribution in [0, 0.1) is 0 Å². The summed E-state index contributed by atoms with van der Waals surface area (Å²) in [5, 5.41) is 9.14. The highest BCUT2D eigenvalue weighted by molar-refractivity contribution is 7.92. The van der Waals surface area contributed by atoms with E-state index in [0.29, 0.717) is 0 Å². The first-order valence-electron chi connectivity index (χ1n) is 10.9. The minimum atomic E-state index is -5.05. The summed E-state index contributed by atoms with van der Waals surface area (Å²) in [7, 11) is -3.08. The third-order valence-corrected chi connectivity index (χ3v) is 6.32. The molecule has 0 aliphatic heterocycles. The first-order valence-corrected chi connectivity index (χ1v) is 12.4. The van der Waals surface area contributed by atoms with Crippen molar-refractivity contribution < 1.29 is 40.9 Å². The van der Waals surface area contributed by atoms with Gasteiger partial charge in [0, 0.05) is 0 Å². The van der Waals surface area contributed by atoms with Gasteiger partial charge >= 0.3 is 6.18 Å². The van der Waals surface area contributed by atoms with Gasteiger partial charge in [0.25, 0.3) is 15.9 Å². The summed E-state index contributed by atoms with van der Waals surface area (Å²) in [6.45, 7) is 4.84. The van der Waals surface area contributed by atoms with E-state index in [1.807, 2.05) is 20.8 Å². The molecule has 0 fully saturated rings. The minimum absolute atomic E-state index is 0.0252. The van der Waals surface area contributed by atoms with Gasteiger partial charge in [-0.15, -0.1) is 0 Å². The second-order valence-corrected chi connectivity index (χ2v) is 10.4. The number of nitrogens with zero attached hydrogens (tertiary/aromatic N) is 2. The zero-order valence-corrected chi connectivity index (χ0v) is 21.3. The molecule has 0 bridgehead atoms. The van der Waals surface area contributed by atoms with Crippen LogP contribution in [0.1, 0.15) is 32.2 Å². The molecule has 0 aliphatic rings. The molecule has 13 heteroatoms. The summed E-state index contributed by atoms with van der Waals surface area (Å²) in [5.74, 6) is -3.56. The molecular formula is C24H26F3N3O6S. The Balaban J connectivity index is 2.15. The number of sulfonamides is 1. The number of aromatic nitrogens is 2. The monoisotopic (exact) mass is 541 g/mol. The van der Waals surface area contributed by atoms with Gasteiger partial charge in [0.2, 0.25) is 11.6 Å². The predicted octanol–water partition coefficient (Wildman–Crippen LogP) is 4.77. The fraction of sp³-hybridized carbons (Fsp3) is 0.333. The van der Waals surface area contributed by atoms with Crippen LogP contribution in [-0.2, 0) is 21.6 Å². The molecule has 200 valence electrons. The summed E-state index contributed by atoms with van der Waals surface area (Å²) in [6.07, 6.45) is -5.05. The summed E-state index contributed by atoms with van der Waals surface area (Å²) in [6, 6.07) is 12.0. The number of hydrogen-bond donors (Lipinski definition) is 2. The Kier molecular flexibility index (Phi) is 8.18. The molecule has 1 aromatic heterocycles. The van der Waals surface area contributed by atoms with E-state index in [1.165, 1.54) is 31.4 Å². The number of ether oxygens (including phenoxy) is 3. The number of alkyl halides is 3. The lowest BCUT2D eigenvalue weighted by Crippen LogP contribution is -2.20.